The summed E-state index contributed by atoms with van der Waals surface area (Å²) in [5.74, 6) is -2.09. The molecule has 1 amide bonds. The van der Waals surface area contributed by atoms with Crippen LogP contribution < -0.4 is 16.8 Å². The molecule has 192 valence electrons. The molecule has 0 aliphatic rings. The number of hydrogen-bond donors (Lipinski definition) is 6. The van der Waals surface area contributed by atoms with Crippen LogP contribution in [-0.2, 0) is 16.0 Å². The average molecular weight is 516 g/mol. The molecular formula is C24H29N5O6S. The number of aromatic nitrogens is 1. The van der Waals surface area contributed by atoms with Crippen LogP contribution in [0.3, 0.4) is 0 Å². The summed E-state index contributed by atoms with van der Waals surface area (Å²) in [5, 5.41) is 35.2. The number of H-pyrrole nitrogens is 1. The van der Waals surface area contributed by atoms with E-state index in [1.807, 2.05) is 24.3 Å². The zero-order chi connectivity index (χ0) is 26.2. The van der Waals surface area contributed by atoms with Crippen LogP contribution in [0.4, 0.5) is 5.69 Å². The van der Waals surface area contributed by atoms with Crippen molar-refractivity contribution in [3.8, 4) is 0 Å². The van der Waals surface area contributed by atoms with Crippen LogP contribution in [0.5, 0.6) is 0 Å². The van der Waals surface area contributed by atoms with Crippen LogP contribution in [0.1, 0.15) is 24.8 Å². The number of amides is 1. The van der Waals surface area contributed by atoms with Crippen LogP contribution in [0.2, 0.25) is 0 Å². The van der Waals surface area contributed by atoms with E-state index in [0.717, 1.165) is 22.7 Å². The Hall–Kier alpha value is -3.45. The highest BCUT2D eigenvalue weighted by Gasteiger charge is 2.29. The molecule has 0 aliphatic heterocycles. The number of carbonyl (C=O) groups is 2. The molecule has 2 aromatic carbocycles. The first-order chi connectivity index (χ1) is 17.2. The monoisotopic (exact) mass is 515 g/mol. The van der Waals surface area contributed by atoms with Crippen LogP contribution in [-0.4, -0.2) is 56.7 Å². The second kappa shape index (κ2) is 12.5. The molecular weight excluding hydrogens is 486 g/mol. The smallest absolute Gasteiger partial charge is 0.326 e. The Morgan fingerprint density at radius 1 is 1.14 bits per heavy atom. The molecule has 11 nitrogen and oxygen atoms in total. The number of rotatable bonds is 13. The Labute approximate surface area is 211 Å². The summed E-state index contributed by atoms with van der Waals surface area (Å²) in [7, 11) is 0. The number of nitrogens with one attached hydrogen (secondary N) is 2. The van der Waals surface area contributed by atoms with Gasteiger partial charge in [0.25, 0.3) is 11.6 Å². The molecule has 0 aliphatic carbocycles. The van der Waals surface area contributed by atoms with Crippen molar-refractivity contribution in [2.75, 3.05) is 6.54 Å². The summed E-state index contributed by atoms with van der Waals surface area (Å²) in [6.45, 7) is 0.408. The van der Waals surface area contributed by atoms with Crippen molar-refractivity contribution < 1.29 is 24.7 Å². The molecule has 1 aromatic heterocycles. The molecule has 3 aromatic rings. The first-order valence-electron chi connectivity index (χ1n) is 11.4. The van der Waals surface area contributed by atoms with Gasteiger partial charge in [-0.25, -0.2) is 4.79 Å². The Balaban J connectivity index is 1.82. The second-order valence-corrected chi connectivity index (χ2v) is 9.35. The lowest BCUT2D eigenvalue weighted by molar-refractivity contribution is -0.387. The zero-order valence-electron chi connectivity index (χ0n) is 19.4. The van der Waals surface area contributed by atoms with Gasteiger partial charge in [-0.05, 0) is 49.9 Å². The number of aliphatic hydroxyl groups is 1. The van der Waals surface area contributed by atoms with Crippen molar-refractivity contribution in [1.29, 1.82) is 0 Å². The molecule has 0 saturated heterocycles. The Kier molecular flexibility index (Phi) is 9.42. The molecule has 3 rings (SSSR count). The van der Waals surface area contributed by atoms with E-state index in [0.29, 0.717) is 34.9 Å². The summed E-state index contributed by atoms with van der Waals surface area (Å²) in [6, 6.07) is 11.5. The topological polar surface area (TPSA) is 198 Å². The van der Waals surface area contributed by atoms with E-state index >= 15 is 0 Å². The number of aromatic amines is 1. The maximum atomic E-state index is 12.6. The van der Waals surface area contributed by atoms with Gasteiger partial charge in [0.1, 0.15) is 12.1 Å². The number of carboxylic acid groups (broad SMARTS) is 1. The van der Waals surface area contributed by atoms with Crippen LogP contribution in [0.25, 0.3) is 10.9 Å². The molecule has 8 N–H and O–H groups in total. The number of unbranched alkanes of at least 4 members (excludes halogenated alkanes) is 1. The highest BCUT2D eigenvalue weighted by Crippen LogP contribution is 2.39. The van der Waals surface area contributed by atoms with E-state index in [2.05, 4.69) is 10.3 Å². The van der Waals surface area contributed by atoms with E-state index in [1.54, 1.807) is 18.2 Å². The highest BCUT2D eigenvalue weighted by atomic mass is 32.2. The van der Waals surface area contributed by atoms with E-state index in [4.69, 9.17) is 11.5 Å². The Bertz CT molecular complexity index is 1230. The average Bonchev–Trinajstić information content (AvgIpc) is 3.19. The lowest BCUT2D eigenvalue weighted by Crippen LogP contribution is -2.52. The van der Waals surface area contributed by atoms with Gasteiger partial charge in [0.2, 0.25) is 0 Å². The molecule has 3 atom stereocenters. The van der Waals surface area contributed by atoms with Gasteiger partial charge >= 0.3 is 5.97 Å². The van der Waals surface area contributed by atoms with Gasteiger partial charge in [0.15, 0.2) is 0 Å². The number of aliphatic hydroxyl groups excluding tert-OH is 1. The minimum atomic E-state index is -1.67. The lowest BCUT2D eigenvalue weighted by Gasteiger charge is -2.21. The predicted octanol–water partition coefficient (Wildman–Crippen LogP) is 2.16. The number of hydrogen-bond acceptors (Lipinski definition) is 8. The molecule has 12 heteroatoms. The molecule has 1 heterocycles. The number of nitro benzene ring substituents is 1. The minimum absolute atomic E-state index is 0.0508. The summed E-state index contributed by atoms with van der Waals surface area (Å²) >= 11 is 1.16. The van der Waals surface area contributed by atoms with Gasteiger partial charge in [-0.3, -0.25) is 14.9 Å². The minimum Gasteiger partial charge on any atom is -0.480 e. The van der Waals surface area contributed by atoms with Crippen LogP contribution >= 0.6 is 11.8 Å². The third-order valence-corrected chi connectivity index (χ3v) is 6.84. The summed E-state index contributed by atoms with van der Waals surface area (Å²) in [4.78, 5) is 38.8. The summed E-state index contributed by atoms with van der Waals surface area (Å²) in [6.07, 6.45) is -0.301. The Morgan fingerprint density at radius 2 is 1.83 bits per heavy atom. The summed E-state index contributed by atoms with van der Waals surface area (Å²) < 4.78 is 0. The second-order valence-electron chi connectivity index (χ2n) is 8.30. The number of para-hydroxylation sites is 2. The SMILES string of the molecule is NCCCC[C@H](NC(=O)[C@H](O)[C@@H](N)Cc1c(Sc2ccccc2[N+](=O)[O-])[nH]c2ccccc12)C(=O)O. The van der Waals surface area contributed by atoms with Gasteiger partial charge < -0.3 is 32.0 Å². The largest absolute Gasteiger partial charge is 0.480 e. The van der Waals surface area contributed by atoms with Crippen LogP contribution in [0, 0.1) is 10.1 Å². The molecule has 36 heavy (non-hydrogen) atoms. The maximum absolute atomic E-state index is 12.6. The number of carboxylic acids is 1. The van der Waals surface area contributed by atoms with Gasteiger partial charge in [0.05, 0.1) is 14.8 Å². The third kappa shape index (κ3) is 6.61. The zero-order valence-corrected chi connectivity index (χ0v) is 20.2. The molecule has 0 bridgehead atoms. The van der Waals surface area contributed by atoms with E-state index in [9.17, 15) is 29.9 Å². The van der Waals surface area contributed by atoms with E-state index < -0.39 is 35.0 Å². The normalized spacial score (nSPS) is 13.8. The maximum Gasteiger partial charge on any atom is 0.326 e. The molecule has 0 fully saturated rings. The van der Waals surface area contributed by atoms with Crippen molar-refractivity contribution >= 4 is 40.2 Å². The standard InChI is InChI=1S/C24H29N5O6S/c25-12-6-5-9-18(24(32)33)27-22(31)21(30)16(26)13-15-14-7-1-2-8-17(14)28-23(15)36-20-11-4-3-10-19(20)29(34)35/h1-4,7-8,10-11,16,18,21,28,30H,5-6,9,12-13,25-26H2,(H,27,31)(H,32,33)/t16-,18-,21+/m0/s1. The van der Waals surface area contributed by atoms with Gasteiger partial charge in [-0.2, -0.15) is 0 Å². The first kappa shape index (κ1) is 27.1. The fourth-order valence-corrected chi connectivity index (χ4v) is 4.91. The number of aliphatic carboxylic acids is 1. The third-order valence-electron chi connectivity index (χ3n) is 5.72. The Morgan fingerprint density at radius 3 is 2.53 bits per heavy atom. The predicted molar refractivity (Wildman–Crippen MR) is 136 cm³/mol. The number of fused-ring (bicyclic) bond motifs is 1. The number of carbonyl (C=O) groups excluding carboxylic acids is 1. The van der Waals surface area contributed by atoms with Gasteiger partial charge in [-0.15, -0.1) is 0 Å². The van der Waals surface area contributed by atoms with Gasteiger partial charge in [-0.1, -0.05) is 42.1 Å². The fraction of sp³-hybridized carbons (Fsp3) is 0.333. The fourth-order valence-electron chi connectivity index (χ4n) is 3.82. The highest BCUT2D eigenvalue weighted by molar-refractivity contribution is 7.99. The molecule has 0 saturated carbocycles. The quantitative estimate of drug-likeness (QED) is 0.112. The number of nitro groups is 1. The lowest BCUT2D eigenvalue weighted by atomic mass is 10.0. The van der Waals surface area contributed by atoms with Crippen molar-refractivity contribution in [1.82, 2.24) is 10.3 Å². The summed E-state index contributed by atoms with van der Waals surface area (Å²) in [5.41, 5.74) is 13.1. The van der Waals surface area contributed by atoms with E-state index in [-0.39, 0.29) is 18.5 Å². The van der Waals surface area contributed by atoms with E-state index in [1.165, 1.54) is 6.07 Å². The first-order valence-corrected chi connectivity index (χ1v) is 12.2. The number of nitrogens with two attached hydrogens (primary N) is 2. The molecule has 0 spiro atoms. The molecule has 0 unspecified atom stereocenters. The van der Waals surface area contributed by atoms with Crippen molar-refractivity contribution in [3.05, 3.63) is 64.2 Å². The number of nitrogens with zero attached hydrogens (tertiary/aromatic N) is 1. The van der Waals surface area contributed by atoms with Crippen molar-refractivity contribution in [2.24, 2.45) is 11.5 Å². The van der Waals surface area contributed by atoms with Crippen molar-refractivity contribution in [3.63, 3.8) is 0 Å². The molecule has 0 radical (unpaired) electrons. The van der Waals surface area contributed by atoms with Crippen molar-refractivity contribution in [2.45, 2.75) is 53.8 Å². The number of benzene rings is 2. The van der Waals surface area contributed by atoms with Gasteiger partial charge in [0, 0.05) is 23.0 Å². The van der Waals surface area contributed by atoms with Crippen LogP contribution in [0.15, 0.2) is 58.5 Å².